The second-order valence-corrected chi connectivity index (χ2v) is 7.57. The van der Waals surface area contributed by atoms with Gasteiger partial charge in [-0.1, -0.05) is 24.3 Å². The molecule has 1 aliphatic heterocycles. The van der Waals surface area contributed by atoms with Crippen LogP contribution in [-0.2, 0) is 17.6 Å². The van der Waals surface area contributed by atoms with Crippen molar-refractivity contribution in [2.24, 2.45) is 0 Å². The van der Waals surface area contributed by atoms with Gasteiger partial charge < -0.3 is 10.2 Å². The fraction of sp³-hybridized carbons (Fsp3) is 0.389. The van der Waals surface area contributed by atoms with Gasteiger partial charge in [0, 0.05) is 24.4 Å². The molecule has 1 aliphatic carbocycles. The Labute approximate surface area is 144 Å². The first-order valence-electron chi connectivity index (χ1n) is 8.19. The summed E-state index contributed by atoms with van der Waals surface area (Å²) in [5.41, 5.74) is 3.11. The van der Waals surface area contributed by atoms with Gasteiger partial charge in [0.1, 0.15) is 5.69 Å². The number of carbonyl (C=O) groups excluding carboxylic acids is 2. The maximum absolute atomic E-state index is 12.4. The summed E-state index contributed by atoms with van der Waals surface area (Å²) in [7, 11) is 0. The Kier molecular flexibility index (Phi) is 3.84. The molecule has 6 heteroatoms. The van der Waals surface area contributed by atoms with Gasteiger partial charge in [0.2, 0.25) is 5.91 Å². The molecular formula is C18H19N3O2S. The summed E-state index contributed by atoms with van der Waals surface area (Å²) in [5, 5.41) is 5.58. The maximum atomic E-state index is 12.4. The average molecular weight is 341 g/mol. The fourth-order valence-corrected chi connectivity index (χ4v) is 4.26. The Morgan fingerprint density at radius 2 is 1.96 bits per heavy atom. The molecule has 2 aliphatic rings. The van der Waals surface area contributed by atoms with E-state index in [4.69, 9.17) is 0 Å². The molecule has 1 saturated heterocycles. The van der Waals surface area contributed by atoms with E-state index in [1.807, 2.05) is 24.0 Å². The van der Waals surface area contributed by atoms with Crippen molar-refractivity contribution in [3.05, 3.63) is 51.5 Å². The van der Waals surface area contributed by atoms with Gasteiger partial charge >= 0.3 is 0 Å². The third-order valence-corrected chi connectivity index (χ3v) is 5.59. The van der Waals surface area contributed by atoms with Crippen LogP contribution in [0.2, 0.25) is 0 Å². The molecule has 0 saturated carbocycles. The van der Waals surface area contributed by atoms with Crippen LogP contribution in [0.25, 0.3) is 0 Å². The van der Waals surface area contributed by atoms with Gasteiger partial charge in [-0.05, 0) is 30.9 Å². The third-order valence-electron chi connectivity index (χ3n) is 4.82. The monoisotopic (exact) mass is 341 g/mol. The molecule has 0 radical (unpaired) electrons. The number of carbonyl (C=O) groups is 2. The van der Waals surface area contributed by atoms with Crippen molar-refractivity contribution in [2.45, 2.75) is 38.3 Å². The van der Waals surface area contributed by atoms with Crippen molar-refractivity contribution in [3.8, 4) is 0 Å². The van der Waals surface area contributed by atoms with E-state index in [0.717, 1.165) is 17.8 Å². The number of hydrogen-bond donors (Lipinski definition) is 1. The van der Waals surface area contributed by atoms with Crippen molar-refractivity contribution in [2.75, 3.05) is 6.54 Å². The van der Waals surface area contributed by atoms with Gasteiger partial charge in [-0.15, -0.1) is 11.3 Å². The summed E-state index contributed by atoms with van der Waals surface area (Å²) in [6, 6.07) is 8.46. The summed E-state index contributed by atoms with van der Waals surface area (Å²) in [5.74, 6) is -0.0544. The number of rotatable bonds is 3. The molecule has 4 rings (SSSR count). The van der Waals surface area contributed by atoms with Crippen LogP contribution < -0.4 is 5.32 Å². The number of nitrogens with zero attached hydrogens (tertiary/aromatic N) is 2. The average Bonchev–Trinajstić information content (AvgIpc) is 3.25. The molecule has 1 aromatic heterocycles. The van der Waals surface area contributed by atoms with E-state index < -0.39 is 0 Å². The smallest absolute Gasteiger partial charge is 0.271 e. The zero-order valence-corrected chi connectivity index (χ0v) is 14.3. The van der Waals surface area contributed by atoms with Crippen molar-refractivity contribution in [1.82, 2.24) is 15.2 Å². The topological polar surface area (TPSA) is 62.3 Å². The molecule has 2 amide bonds. The van der Waals surface area contributed by atoms with Gasteiger partial charge in [0.15, 0.2) is 0 Å². The summed E-state index contributed by atoms with van der Waals surface area (Å²) in [6.45, 7) is 2.46. The van der Waals surface area contributed by atoms with E-state index in [0.29, 0.717) is 18.7 Å². The third kappa shape index (κ3) is 2.82. The molecule has 2 aromatic rings. The van der Waals surface area contributed by atoms with Crippen LogP contribution >= 0.6 is 11.3 Å². The number of benzene rings is 1. The van der Waals surface area contributed by atoms with E-state index in [-0.39, 0.29) is 23.9 Å². The highest BCUT2D eigenvalue weighted by Gasteiger charge is 2.37. The van der Waals surface area contributed by atoms with E-state index in [1.165, 1.54) is 22.5 Å². The summed E-state index contributed by atoms with van der Waals surface area (Å²) in [6.07, 6.45) is 2.20. The second kappa shape index (κ2) is 6.02. The number of hydrogen-bond acceptors (Lipinski definition) is 4. The van der Waals surface area contributed by atoms with Crippen LogP contribution in [-0.4, -0.2) is 40.3 Å². The molecule has 24 heavy (non-hydrogen) atoms. The zero-order valence-electron chi connectivity index (χ0n) is 13.5. The summed E-state index contributed by atoms with van der Waals surface area (Å²) in [4.78, 5) is 30.8. The molecule has 0 bridgehead atoms. The van der Waals surface area contributed by atoms with Gasteiger partial charge in [0.05, 0.1) is 11.0 Å². The van der Waals surface area contributed by atoms with Crippen molar-refractivity contribution in [3.63, 3.8) is 0 Å². The zero-order chi connectivity index (χ0) is 16.7. The SMILES string of the molecule is Cc1nc(C(=O)NC2CC(=O)N(C3Cc4ccccc4C3)C2)cs1. The van der Waals surface area contributed by atoms with Gasteiger partial charge in [-0.3, -0.25) is 9.59 Å². The lowest BCUT2D eigenvalue weighted by atomic mass is 10.1. The number of nitrogens with one attached hydrogen (secondary N) is 1. The van der Waals surface area contributed by atoms with Gasteiger partial charge in [0.25, 0.3) is 5.91 Å². The quantitative estimate of drug-likeness (QED) is 0.928. The predicted octanol–water partition coefficient (Wildman–Crippen LogP) is 1.95. The lowest BCUT2D eigenvalue weighted by Gasteiger charge is -2.24. The number of aryl methyl sites for hydroxylation is 1. The predicted molar refractivity (Wildman–Crippen MR) is 92.1 cm³/mol. The normalized spacial score (nSPS) is 20.5. The lowest BCUT2D eigenvalue weighted by molar-refractivity contribution is -0.129. The highest BCUT2D eigenvalue weighted by atomic mass is 32.1. The van der Waals surface area contributed by atoms with E-state index in [9.17, 15) is 9.59 Å². The molecule has 5 nitrogen and oxygen atoms in total. The molecule has 124 valence electrons. The number of amides is 2. The summed E-state index contributed by atoms with van der Waals surface area (Å²) >= 11 is 1.46. The largest absolute Gasteiger partial charge is 0.346 e. The van der Waals surface area contributed by atoms with Crippen LogP contribution in [0.15, 0.2) is 29.6 Å². The van der Waals surface area contributed by atoms with Gasteiger partial charge in [-0.25, -0.2) is 4.98 Å². The van der Waals surface area contributed by atoms with Crippen molar-refractivity contribution >= 4 is 23.2 Å². The van der Waals surface area contributed by atoms with Crippen LogP contribution in [0.5, 0.6) is 0 Å². The number of likely N-dealkylation sites (tertiary alicyclic amines) is 1. The van der Waals surface area contributed by atoms with E-state index in [2.05, 4.69) is 22.4 Å². The van der Waals surface area contributed by atoms with Crippen LogP contribution in [0, 0.1) is 6.92 Å². The Hall–Kier alpha value is -2.21. The molecule has 1 aromatic carbocycles. The standard InChI is InChI=1S/C18H19N3O2S/c1-11-19-16(10-24-11)18(23)20-14-8-17(22)21(9-14)15-6-12-4-2-3-5-13(12)7-15/h2-5,10,14-15H,6-9H2,1H3,(H,20,23). The Morgan fingerprint density at radius 3 is 2.58 bits per heavy atom. The first-order chi connectivity index (χ1) is 11.6. The first kappa shape index (κ1) is 15.3. The highest BCUT2D eigenvalue weighted by molar-refractivity contribution is 7.09. The lowest BCUT2D eigenvalue weighted by Crippen LogP contribution is -2.41. The second-order valence-electron chi connectivity index (χ2n) is 6.50. The molecular weight excluding hydrogens is 322 g/mol. The van der Waals surface area contributed by atoms with Crippen LogP contribution in [0.1, 0.15) is 33.0 Å². The Balaban J connectivity index is 1.40. The van der Waals surface area contributed by atoms with Crippen molar-refractivity contribution < 1.29 is 9.59 Å². The van der Waals surface area contributed by atoms with E-state index >= 15 is 0 Å². The Bertz CT molecular complexity index is 776. The minimum atomic E-state index is -0.186. The summed E-state index contributed by atoms with van der Waals surface area (Å²) < 4.78 is 0. The fourth-order valence-electron chi connectivity index (χ4n) is 3.66. The van der Waals surface area contributed by atoms with Crippen LogP contribution in [0.3, 0.4) is 0 Å². The molecule has 0 spiro atoms. The maximum Gasteiger partial charge on any atom is 0.271 e. The van der Waals surface area contributed by atoms with Gasteiger partial charge in [-0.2, -0.15) is 0 Å². The number of aromatic nitrogens is 1. The van der Waals surface area contributed by atoms with Crippen molar-refractivity contribution in [1.29, 1.82) is 0 Å². The number of thiazole rings is 1. The molecule has 1 unspecified atom stereocenters. The molecule has 2 heterocycles. The Morgan fingerprint density at radius 1 is 1.25 bits per heavy atom. The molecule has 1 N–H and O–H groups in total. The molecule has 1 atom stereocenters. The molecule has 1 fully saturated rings. The first-order valence-corrected chi connectivity index (χ1v) is 9.07. The minimum absolute atomic E-state index is 0.129. The van der Waals surface area contributed by atoms with E-state index in [1.54, 1.807) is 5.38 Å². The van der Waals surface area contributed by atoms with Crippen LogP contribution in [0.4, 0.5) is 0 Å². The number of fused-ring (bicyclic) bond motifs is 1. The highest BCUT2D eigenvalue weighted by Crippen LogP contribution is 2.28. The minimum Gasteiger partial charge on any atom is -0.346 e.